The predicted molar refractivity (Wildman–Crippen MR) is 132 cm³/mol. The Hall–Kier alpha value is -3.55. The summed E-state index contributed by atoms with van der Waals surface area (Å²) >= 11 is 11.9. The molecule has 0 radical (unpaired) electrons. The Morgan fingerprint density at radius 2 is 1.44 bits per heavy atom. The summed E-state index contributed by atoms with van der Waals surface area (Å²) in [5.41, 5.74) is 1.81. The van der Waals surface area contributed by atoms with Gasteiger partial charge in [0.1, 0.15) is 11.5 Å². The van der Waals surface area contributed by atoms with Crippen LogP contribution in [0.5, 0.6) is 11.5 Å². The van der Waals surface area contributed by atoms with Crippen molar-refractivity contribution in [3.05, 3.63) is 82.3 Å². The van der Waals surface area contributed by atoms with Crippen LogP contribution in [0.25, 0.3) is 0 Å². The Kier molecular flexibility index (Phi) is 8.90. The smallest absolute Gasteiger partial charge is 0.306 e. The second kappa shape index (κ2) is 12.1. The zero-order valence-corrected chi connectivity index (χ0v) is 19.8. The van der Waals surface area contributed by atoms with Gasteiger partial charge in [-0.25, -0.2) is 0 Å². The van der Waals surface area contributed by atoms with Crippen LogP contribution in [0.2, 0.25) is 10.0 Å². The van der Waals surface area contributed by atoms with Gasteiger partial charge in [0, 0.05) is 27.8 Å². The molecular formula is C25H22Cl2N2O5. The second-order valence-electron chi connectivity index (χ2n) is 7.25. The molecule has 0 atom stereocenters. The molecule has 2 N–H and O–H groups in total. The first-order valence-electron chi connectivity index (χ1n) is 10.3. The highest BCUT2D eigenvalue weighted by Gasteiger charge is 2.12. The van der Waals surface area contributed by atoms with E-state index in [1.807, 2.05) is 0 Å². The van der Waals surface area contributed by atoms with Gasteiger partial charge in [-0.15, -0.1) is 0 Å². The molecule has 3 rings (SSSR count). The zero-order valence-electron chi connectivity index (χ0n) is 18.3. The van der Waals surface area contributed by atoms with E-state index < -0.39 is 18.5 Å². The highest BCUT2D eigenvalue weighted by atomic mass is 35.5. The number of ether oxygens (including phenoxy) is 2. The molecule has 0 unspecified atom stereocenters. The minimum absolute atomic E-state index is 0.0864. The van der Waals surface area contributed by atoms with Crippen LogP contribution >= 0.6 is 23.2 Å². The topological polar surface area (TPSA) is 93.7 Å². The lowest BCUT2D eigenvalue weighted by Gasteiger charge is -2.10. The number of anilines is 2. The number of esters is 1. The maximum absolute atomic E-state index is 12.1. The Labute approximate surface area is 207 Å². The average Bonchev–Trinajstić information content (AvgIpc) is 2.82. The lowest BCUT2D eigenvalue weighted by molar-refractivity contribution is -0.147. The van der Waals surface area contributed by atoms with Crippen LogP contribution in [0.3, 0.4) is 0 Å². The van der Waals surface area contributed by atoms with E-state index in [0.29, 0.717) is 38.5 Å². The number of nitrogens with one attached hydrogen (secondary N) is 2. The molecule has 34 heavy (non-hydrogen) atoms. The molecule has 0 spiro atoms. The average molecular weight is 501 g/mol. The summed E-state index contributed by atoms with van der Waals surface area (Å²) in [6.07, 6.45) is -0.246. The molecule has 7 nitrogen and oxygen atoms in total. The van der Waals surface area contributed by atoms with Gasteiger partial charge in [-0.1, -0.05) is 29.3 Å². The number of hydrogen-bond donors (Lipinski definition) is 2. The SMILES string of the molecule is Cc1c(Cl)cccc1NC(=O)COC(=O)CCC(=O)Nc1ccc(Oc2ccc(Cl)cc2)cc1. The first kappa shape index (κ1) is 25.1. The van der Waals surface area contributed by atoms with Crippen LogP contribution in [0.1, 0.15) is 18.4 Å². The molecule has 0 bridgehead atoms. The van der Waals surface area contributed by atoms with E-state index >= 15 is 0 Å². The third kappa shape index (κ3) is 7.79. The van der Waals surface area contributed by atoms with Crippen molar-refractivity contribution in [3.8, 4) is 11.5 Å². The standard InChI is InChI=1S/C25H22Cl2N2O5/c1-16-21(27)3-2-4-22(16)29-24(31)15-33-25(32)14-13-23(30)28-18-7-11-20(12-8-18)34-19-9-5-17(26)6-10-19/h2-12H,13-15H2,1H3,(H,28,30)(H,29,31). The molecular weight excluding hydrogens is 479 g/mol. The van der Waals surface area contributed by atoms with Gasteiger partial charge in [-0.05, 0) is 73.2 Å². The van der Waals surface area contributed by atoms with E-state index in [2.05, 4.69) is 10.6 Å². The van der Waals surface area contributed by atoms with Gasteiger partial charge in [0.05, 0.1) is 6.42 Å². The van der Waals surface area contributed by atoms with Gasteiger partial charge in [0.15, 0.2) is 6.61 Å². The predicted octanol–water partition coefficient (Wildman–Crippen LogP) is 5.99. The Balaban J connectivity index is 1.37. The van der Waals surface area contributed by atoms with Crippen LogP contribution in [-0.4, -0.2) is 24.4 Å². The minimum Gasteiger partial charge on any atom is -0.457 e. The van der Waals surface area contributed by atoms with Crippen LogP contribution in [0.15, 0.2) is 66.7 Å². The first-order chi connectivity index (χ1) is 16.3. The van der Waals surface area contributed by atoms with E-state index in [4.69, 9.17) is 32.7 Å². The summed E-state index contributed by atoms with van der Waals surface area (Å²) < 4.78 is 10.6. The molecule has 2 amide bonds. The normalized spacial score (nSPS) is 10.3. The quantitative estimate of drug-likeness (QED) is 0.351. The molecule has 0 aliphatic rings. The summed E-state index contributed by atoms with van der Waals surface area (Å²) in [4.78, 5) is 36.0. The fourth-order valence-corrected chi connectivity index (χ4v) is 3.13. The van der Waals surface area contributed by atoms with Gasteiger partial charge in [-0.3, -0.25) is 14.4 Å². The van der Waals surface area contributed by atoms with Crippen LogP contribution < -0.4 is 15.4 Å². The van der Waals surface area contributed by atoms with Crippen molar-refractivity contribution in [2.24, 2.45) is 0 Å². The molecule has 0 saturated heterocycles. The lowest BCUT2D eigenvalue weighted by atomic mass is 10.2. The molecule has 3 aromatic rings. The lowest BCUT2D eigenvalue weighted by Crippen LogP contribution is -2.22. The number of carbonyl (C=O) groups is 3. The fraction of sp³-hybridized carbons (Fsp3) is 0.160. The van der Waals surface area contributed by atoms with Gasteiger partial charge in [-0.2, -0.15) is 0 Å². The minimum atomic E-state index is -0.653. The second-order valence-corrected chi connectivity index (χ2v) is 8.09. The summed E-state index contributed by atoms with van der Waals surface area (Å²) in [7, 11) is 0. The highest BCUT2D eigenvalue weighted by Crippen LogP contribution is 2.25. The Morgan fingerprint density at radius 3 is 2.12 bits per heavy atom. The highest BCUT2D eigenvalue weighted by molar-refractivity contribution is 6.31. The number of amides is 2. The van der Waals surface area contributed by atoms with Gasteiger partial charge < -0.3 is 20.1 Å². The Bertz CT molecular complexity index is 1160. The van der Waals surface area contributed by atoms with E-state index in [9.17, 15) is 14.4 Å². The maximum atomic E-state index is 12.1. The third-order valence-corrected chi connectivity index (χ3v) is 5.31. The molecule has 0 fully saturated rings. The molecule has 9 heteroatoms. The van der Waals surface area contributed by atoms with Gasteiger partial charge >= 0.3 is 5.97 Å². The van der Waals surface area contributed by atoms with Crippen LogP contribution in [-0.2, 0) is 19.1 Å². The van der Waals surface area contributed by atoms with Crippen molar-refractivity contribution in [3.63, 3.8) is 0 Å². The van der Waals surface area contributed by atoms with E-state index in [0.717, 1.165) is 0 Å². The van der Waals surface area contributed by atoms with Crippen molar-refractivity contribution in [1.82, 2.24) is 0 Å². The van der Waals surface area contributed by atoms with Crippen molar-refractivity contribution >= 4 is 52.4 Å². The molecule has 3 aromatic carbocycles. The van der Waals surface area contributed by atoms with Gasteiger partial charge in [0.25, 0.3) is 5.91 Å². The number of hydrogen-bond acceptors (Lipinski definition) is 5. The Morgan fingerprint density at radius 1 is 0.794 bits per heavy atom. The van der Waals surface area contributed by atoms with Gasteiger partial charge in [0.2, 0.25) is 5.91 Å². The van der Waals surface area contributed by atoms with Crippen molar-refractivity contribution in [2.75, 3.05) is 17.2 Å². The van der Waals surface area contributed by atoms with Crippen molar-refractivity contribution in [1.29, 1.82) is 0 Å². The number of rotatable bonds is 9. The largest absolute Gasteiger partial charge is 0.457 e. The fourth-order valence-electron chi connectivity index (χ4n) is 2.83. The summed E-state index contributed by atoms with van der Waals surface area (Å²) in [6, 6.07) is 18.8. The summed E-state index contributed by atoms with van der Waals surface area (Å²) in [5.74, 6) is -0.280. The van der Waals surface area contributed by atoms with E-state index in [1.165, 1.54) is 0 Å². The summed E-state index contributed by atoms with van der Waals surface area (Å²) in [6.45, 7) is 1.31. The number of halogens is 2. The maximum Gasteiger partial charge on any atom is 0.306 e. The number of benzene rings is 3. The molecule has 0 aliphatic heterocycles. The monoisotopic (exact) mass is 500 g/mol. The third-order valence-electron chi connectivity index (χ3n) is 4.65. The molecule has 0 saturated carbocycles. The zero-order chi connectivity index (χ0) is 24.5. The van der Waals surface area contributed by atoms with E-state index in [-0.39, 0.29) is 18.7 Å². The van der Waals surface area contributed by atoms with Crippen molar-refractivity contribution in [2.45, 2.75) is 19.8 Å². The van der Waals surface area contributed by atoms with Crippen LogP contribution in [0.4, 0.5) is 11.4 Å². The number of carbonyl (C=O) groups excluding carboxylic acids is 3. The molecule has 0 aromatic heterocycles. The molecule has 176 valence electrons. The summed E-state index contributed by atoms with van der Waals surface area (Å²) in [5, 5.41) is 6.46. The van der Waals surface area contributed by atoms with Crippen LogP contribution in [0, 0.1) is 6.92 Å². The molecule has 0 aliphatic carbocycles. The molecule has 0 heterocycles. The first-order valence-corrected chi connectivity index (χ1v) is 11.1. The van der Waals surface area contributed by atoms with E-state index in [1.54, 1.807) is 73.7 Å². The van der Waals surface area contributed by atoms with Crippen molar-refractivity contribution < 1.29 is 23.9 Å².